The van der Waals surface area contributed by atoms with Gasteiger partial charge in [-0.15, -0.1) is 0 Å². The van der Waals surface area contributed by atoms with Crippen molar-refractivity contribution in [3.05, 3.63) is 53.2 Å². The first-order chi connectivity index (χ1) is 12.0. The molecule has 1 saturated heterocycles. The summed E-state index contributed by atoms with van der Waals surface area (Å²) in [6.07, 6.45) is 1.80. The number of rotatable bonds is 4. The van der Waals surface area contributed by atoms with Crippen LogP contribution in [0.1, 0.15) is 21.5 Å². The summed E-state index contributed by atoms with van der Waals surface area (Å²) in [4.78, 5) is 21.3. The number of carbonyl (C=O) groups excluding carboxylic acids is 1. The van der Waals surface area contributed by atoms with Gasteiger partial charge in [0.05, 0.1) is 5.56 Å². The normalized spacial score (nSPS) is 15.2. The fourth-order valence-corrected chi connectivity index (χ4v) is 2.85. The van der Waals surface area contributed by atoms with Crippen molar-refractivity contribution in [2.24, 2.45) is 0 Å². The Labute approximate surface area is 148 Å². The highest BCUT2D eigenvalue weighted by Gasteiger charge is 2.15. The predicted octanol–water partition coefficient (Wildman–Crippen LogP) is 1.78. The molecule has 1 fully saturated rings. The van der Waals surface area contributed by atoms with Crippen molar-refractivity contribution in [2.45, 2.75) is 13.5 Å². The molecule has 0 spiro atoms. The summed E-state index contributed by atoms with van der Waals surface area (Å²) in [5.41, 5.74) is 2.15. The molecule has 1 aromatic heterocycles. The first-order valence-corrected chi connectivity index (χ1v) is 8.49. The number of aryl methyl sites for hydroxylation is 1. The number of pyridine rings is 1. The molecule has 2 heterocycles. The van der Waals surface area contributed by atoms with Crippen LogP contribution in [0.15, 0.2) is 36.5 Å². The number of aromatic hydroxyl groups is 1. The minimum atomic E-state index is -0.288. The van der Waals surface area contributed by atoms with E-state index in [0.29, 0.717) is 12.1 Å². The molecular weight excluding hydrogens is 316 g/mol. The number of aromatic nitrogens is 1. The molecule has 0 atom stereocenters. The second-order valence-electron chi connectivity index (χ2n) is 6.52. The lowest BCUT2D eigenvalue weighted by Gasteiger charge is -2.33. The van der Waals surface area contributed by atoms with Gasteiger partial charge in [0.1, 0.15) is 11.6 Å². The van der Waals surface area contributed by atoms with Crippen LogP contribution in [0.4, 0.5) is 5.82 Å². The Morgan fingerprint density at radius 1 is 1.20 bits per heavy atom. The van der Waals surface area contributed by atoms with Crippen LogP contribution in [0.5, 0.6) is 5.75 Å². The maximum atomic E-state index is 12.2. The highest BCUT2D eigenvalue weighted by Crippen LogP contribution is 2.18. The van der Waals surface area contributed by atoms with Gasteiger partial charge in [-0.2, -0.15) is 0 Å². The van der Waals surface area contributed by atoms with Crippen LogP contribution >= 0.6 is 0 Å². The number of phenols is 1. The number of carbonyl (C=O) groups is 1. The Kier molecular flexibility index (Phi) is 5.19. The van der Waals surface area contributed by atoms with Crippen molar-refractivity contribution in [1.82, 2.24) is 15.2 Å². The van der Waals surface area contributed by atoms with Crippen LogP contribution in [0, 0.1) is 6.92 Å². The standard InChI is InChI=1S/C19H24N4O2/c1-14-3-5-17(24)16(11-14)19(25)21-13-15-4-6-18(20-12-15)23-9-7-22(2)8-10-23/h3-6,11-12,24H,7-10,13H2,1-2H3,(H,21,25). The van der Waals surface area contributed by atoms with Crippen LogP contribution in [-0.2, 0) is 6.54 Å². The largest absolute Gasteiger partial charge is 0.507 e. The fourth-order valence-electron chi connectivity index (χ4n) is 2.85. The smallest absolute Gasteiger partial charge is 0.255 e. The second kappa shape index (κ2) is 7.53. The molecule has 0 aliphatic carbocycles. The van der Waals surface area contributed by atoms with E-state index in [9.17, 15) is 9.90 Å². The van der Waals surface area contributed by atoms with Crippen molar-refractivity contribution < 1.29 is 9.90 Å². The number of piperazine rings is 1. The number of hydrogen-bond donors (Lipinski definition) is 2. The van der Waals surface area contributed by atoms with Crippen molar-refractivity contribution >= 4 is 11.7 Å². The predicted molar refractivity (Wildman–Crippen MR) is 98.0 cm³/mol. The quantitative estimate of drug-likeness (QED) is 0.888. The van der Waals surface area contributed by atoms with E-state index < -0.39 is 0 Å². The summed E-state index contributed by atoms with van der Waals surface area (Å²) in [5, 5.41) is 12.6. The summed E-state index contributed by atoms with van der Waals surface area (Å²) >= 11 is 0. The lowest BCUT2D eigenvalue weighted by Crippen LogP contribution is -2.44. The van der Waals surface area contributed by atoms with Gasteiger partial charge >= 0.3 is 0 Å². The fraction of sp³-hybridized carbons (Fsp3) is 0.368. The number of phenolic OH excluding ortho intramolecular Hbond substituents is 1. The average molecular weight is 340 g/mol. The zero-order valence-corrected chi connectivity index (χ0v) is 14.7. The van der Waals surface area contributed by atoms with E-state index in [1.54, 1.807) is 18.3 Å². The van der Waals surface area contributed by atoms with Gasteiger partial charge in [-0.05, 0) is 37.7 Å². The third kappa shape index (κ3) is 4.28. The van der Waals surface area contributed by atoms with E-state index in [1.165, 1.54) is 6.07 Å². The minimum absolute atomic E-state index is 0.00774. The van der Waals surface area contributed by atoms with Gasteiger partial charge in [-0.1, -0.05) is 17.7 Å². The molecule has 1 amide bonds. The Bertz CT molecular complexity index is 738. The van der Waals surface area contributed by atoms with E-state index >= 15 is 0 Å². The molecular formula is C19H24N4O2. The van der Waals surface area contributed by atoms with Crippen LogP contribution in [0.3, 0.4) is 0 Å². The Morgan fingerprint density at radius 3 is 2.64 bits per heavy atom. The zero-order chi connectivity index (χ0) is 17.8. The molecule has 0 radical (unpaired) electrons. The number of anilines is 1. The van der Waals surface area contributed by atoms with Gasteiger partial charge in [-0.3, -0.25) is 4.79 Å². The number of nitrogens with zero attached hydrogens (tertiary/aromatic N) is 3. The summed E-state index contributed by atoms with van der Waals surface area (Å²) in [7, 11) is 2.13. The average Bonchev–Trinajstić information content (AvgIpc) is 2.63. The Morgan fingerprint density at radius 2 is 1.96 bits per heavy atom. The number of benzene rings is 1. The molecule has 1 aliphatic heterocycles. The summed E-state index contributed by atoms with van der Waals surface area (Å²) in [6, 6.07) is 8.97. The lowest BCUT2D eigenvalue weighted by atomic mass is 10.1. The minimum Gasteiger partial charge on any atom is -0.507 e. The third-order valence-electron chi connectivity index (χ3n) is 4.49. The van der Waals surface area contributed by atoms with Crippen LogP contribution in [-0.4, -0.2) is 54.1 Å². The molecule has 1 aromatic carbocycles. The molecule has 132 valence electrons. The van der Waals surface area contributed by atoms with Crippen molar-refractivity contribution in [3.8, 4) is 5.75 Å². The monoisotopic (exact) mass is 340 g/mol. The highest BCUT2D eigenvalue weighted by molar-refractivity contribution is 5.96. The molecule has 0 saturated carbocycles. The van der Waals surface area contributed by atoms with E-state index in [1.807, 2.05) is 19.1 Å². The number of amides is 1. The van der Waals surface area contributed by atoms with Gasteiger partial charge in [0, 0.05) is 38.9 Å². The van der Waals surface area contributed by atoms with E-state index in [0.717, 1.165) is 43.1 Å². The SMILES string of the molecule is Cc1ccc(O)c(C(=O)NCc2ccc(N3CCN(C)CC3)nc2)c1. The number of nitrogens with one attached hydrogen (secondary N) is 1. The van der Waals surface area contributed by atoms with Crippen LogP contribution < -0.4 is 10.2 Å². The summed E-state index contributed by atoms with van der Waals surface area (Å²) < 4.78 is 0. The molecule has 25 heavy (non-hydrogen) atoms. The van der Waals surface area contributed by atoms with Gasteiger partial charge in [0.25, 0.3) is 5.91 Å². The number of hydrogen-bond acceptors (Lipinski definition) is 5. The molecule has 0 bridgehead atoms. The highest BCUT2D eigenvalue weighted by atomic mass is 16.3. The van der Waals surface area contributed by atoms with E-state index in [4.69, 9.17) is 0 Å². The van der Waals surface area contributed by atoms with Crippen molar-refractivity contribution in [2.75, 3.05) is 38.1 Å². The summed E-state index contributed by atoms with van der Waals surface area (Å²) in [5.74, 6) is 0.676. The topological polar surface area (TPSA) is 68.7 Å². The van der Waals surface area contributed by atoms with E-state index in [-0.39, 0.29) is 11.7 Å². The van der Waals surface area contributed by atoms with Gasteiger partial charge < -0.3 is 20.2 Å². The van der Waals surface area contributed by atoms with Crippen LogP contribution in [0.2, 0.25) is 0 Å². The molecule has 2 N–H and O–H groups in total. The van der Waals surface area contributed by atoms with Gasteiger partial charge in [0.15, 0.2) is 0 Å². The first-order valence-electron chi connectivity index (χ1n) is 8.49. The molecule has 1 aliphatic rings. The molecule has 6 nitrogen and oxygen atoms in total. The zero-order valence-electron chi connectivity index (χ0n) is 14.7. The maximum Gasteiger partial charge on any atom is 0.255 e. The van der Waals surface area contributed by atoms with Gasteiger partial charge in [-0.25, -0.2) is 4.98 Å². The Hall–Kier alpha value is -2.60. The van der Waals surface area contributed by atoms with Crippen molar-refractivity contribution in [1.29, 1.82) is 0 Å². The molecule has 0 unspecified atom stereocenters. The molecule has 6 heteroatoms. The lowest BCUT2D eigenvalue weighted by molar-refractivity contribution is 0.0948. The third-order valence-corrected chi connectivity index (χ3v) is 4.49. The Balaban J connectivity index is 1.58. The second-order valence-corrected chi connectivity index (χ2v) is 6.52. The number of likely N-dealkylation sites (N-methyl/N-ethyl adjacent to an activating group) is 1. The van der Waals surface area contributed by atoms with E-state index in [2.05, 4.69) is 27.1 Å². The van der Waals surface area contributed by atoms with Gasteiger partial charge in [0.2, 0.25) is 0 Å². The maximum absolute atomic E-state index is 12.2. The summed E-state index contributed by atoms with van der Waals surface area (Å²) in [6.45, 7) is 6.30. The molecule has 2 aromatic rings. The van der Waals surface area contributed by atoms with Crippen molar-refractivity contribution in [3.63, 3.8) is 0 Å². The van der Waals surface area contributed by atoms with Crippen LogP contribution in [0.25, 0.3) is 0 Å². The molecule has 3 rings (SSSR count). The first kappa shape index (κ1) is 17.2.